The molecule has 0 aliphatic carbocycles. The second-order valence-corrected chi connectivity index (χ2v) is 6.50. The van der Waals surface area contributed by atoms with Gasteiger partial charge in [-0.2, -0.15) is 0 Å². The largest absolute Gasteiger partial charge is 1.00 e. The molecule has 0 aliphatic heterocycles. The molecule has 0 saturated heterocycles. The van der Waals surface area contributed by atoms with Crippen LogP contribution < -0.4 is 29.6 Å². The molecule has 0 bridgehead atoms. The molecule has 102 valence electrons. The van der Waals surface area contributed by atoms with E-state index in [2.05, 4.69) is 13.8 Å². The van der Waals surface area contributed by atoms with Crippen molar-refractivity contribution in [3.8, 4) is 0 Å². The summed E-state index contributed by atoms with van der Waals surface area (Å²) in [5, 5.41) is 1.83. The van der Waals surface area contributed by atoms with Gasteiger partial charge >= 0.3 is 29.6 Å². The summed E-state index contributed by atoms with van der Waals surface area (Å²) in [6.45, 7) is 4.16. The SMILES string of the molecule is CC(C)CCc1c(S(=O)(=O)[O-])ccc2ccccc12.[Na+]. The first-order valence-electron chi connectivity index (χ1n) is 6.36. The Morgan fingerprint density at radius 1 is 1.10 bits per heavy atom. The van der Waals surface area contributed by atoms with E-state index in [0.717, 1.165) is 17.2 Å². The Bertz CT molecular complexity index is 693. The quantitative estimate of drug-likeness (QED) is 0.604. The molecule has 0 aromatic heterocycles. The number of hydrogen-bond acceptors (Lipinski definition) is 3. The van der Waals surface area contributed by atoms with Crippen molar-refractivity contribution < 1.29 is 42.5 Å². The summed E-state index contributed by atoms with van der Waals surface area (Å²) >= 11 is 0. The molecule has 0 spiro atoms. The van der Waals surface area contributed by atoms with E-state index in [0.29, 0.717) is 17.9 Å². The zero-order valence-electron chi connectivity index (χ0n) is 12.1. The van der Waals surface area contributed by atoms with E-state index < -0.39 is 10.1 Å². The first-order chi connectivity index (χ1) is 8.89. The van der Waals surface area contributed by atoms with Crippen LogP contribution in [0.4, 0.5) is 0 Å². The monoisotopic (exact) mass is 300 g/mol. The molecule has 5 heteroatoms. The van der Waals surface area contributed by atoms with Crippen LogP contribution >= 0.6 is 0 Å². The molecule has 2 aromatic rings. The zero-order valence-corrected chi connectivity index (χ0v) is 14.9. The van der Waals surface area contributed by atoms with Gasteiger partial charge in [-0.3, -0.25) is 0 Å². The standard InChI is InChI=1S/C15H18O3S.Na/c1-11(2)7-9-14-13-6-4-3-5-12(13)8-10-15(14)19(16,17)18;/h3-6,8,10-11H,7,9H2,1-2H3,(H,16,17,18);/q;+1/p-1. The molecule has 0 amide bonds. The second kappa shape index (κ2) is 7.05. The fraction of sp³-hybridized carbons (Fsp3) is 0.333. The Morgan fingerprint density at radius 3 is 2.35 bits per heavy atom. The van der Waals surface area contributed by atoms with Gasteiger partial charge in [-0.05, 0) is 41.2 Å². The zero-order chi connectivity index (χ0) is 14.0. The predicted octanol–water partition coefficient (Wildman–Crippen LogP) is 0.337. The Hall–Kier alpha value is -0.390. The summed E-state index contributed by atoms with van der Waals surface area (Å²) in [4.78, 5) is -0.0770. The van der Waals surface area contributed by atoms with Crippen molar-refractivity contribution in [1.82, 2.24) is 0 Å². The van der Waals surface area contributed by atoms with Crippen molar-refractivity contribution in [3.63, 3.8) is 0 Å². The number of aryl methyl sites for hydroxylation is 1. The first-order valence-corrected chi connectivity index (χ1v) is 7.77. The van der Waals surface area contributed by atoms with Crippen molar-refractivity contribution >= 4 is 20.9 Å². The van der Waals surface area contributed by atoms with Crippen LogP contribution in [0.3, 0.4) is 0 Å². The van der Waals surface area contributed by atoms with Gasteiger partial charge in [-0.15, -0.1) is 0 Å². The van der Waals surface area contributed by atoms with E-state index in [4.69, 9.17) is 0 Å². The molecule has 0 heterocycles. The van der Waals surface area contributed by atoms with Gasteiger partial charge in [0.25, 0.3) is 0 Å². The van der Waals surface area contributed by atoms with Crippen LogP contribution in [-0.2, 0) is 16.5 Å². The summed E-state index contributed by atoms with van der Waals surface area (Å²) in [5.41, 5.74) is 0.654. The molecule has 2 aromatic carbocycles. The van der Waals surface area contributed by atoms with E-state index in [1.54, 1.807) is 6.07 Å². The van der Waals surface area contributed by atoms with Crippen LogP contribution in [0.2, 0.25) is 0 Å². The van der Waals surface area contributed by atoms with Gasteiger partial charge in [-0.25, -0.2) is 8.42 Å². The molecule has 0 N–H and O–H groups in total. The van der Waals surface area contributed by atoms with Crippen molar-refractivity contribution in [3.05, 3.63) is 42.0 Å². The molecule has 20 heavy (non-hydrogen) atoms. The van der Waals surface area contributed by atoms with Gasteiger partial charge in [0.15, 0.2) is 0 Å². The number of rotatable bonds is 4. The Balaban J connectivity index is 0.00000200. The topological polar surface area (TPSA) is 57.2 Å². The number of benzene rings is 2. The fourth-order valence-corrected chi connectivity index (χ4v) is 2.99. The molecular formula is C15H17NaO3S. The Kier molecular flexibility index (Phi) is 6.23. The second-order valence-electron chi connectivity index (χ2n) is 5.15. The van der Waals surface area contributed by atoms with Crippen LogP contribution in [0.25, 0.3) is 10.8 Å². The summed E-state index contributed by atoms with van der Waals surface area (Å²) in [6, 6.07) is 10.7. The Labute approximate surface area is 142 Å². The molecule has 0 unspecified atom stereocenters. The molecule has 0 fully saturated rings. The number of hydrogen-bond donors (Lipinski definition) is 0. The van der Waals surface area contributed by atoms with Crippen LogP contribution in [0, 0.1) is 5.92 Å². The minimum absolute atomic E-state index is 0. The van der Waals surface area contributed by atoms with Crippen molar-refractivity contribution in [2.75, 3.05) is 0 Å². The van der Waals surface area contributed by atoms with Gasteiger partial charge in [0.2, 0.25) is 0 Å². The summed E-state index contributed by atoms with van der Waals surface area (Å²) in [6.07, 6.45) is 1.46. The normalized spacial score (nSPS) is 11.6. The molecule has 2 rings (SSSR count). The predicted molar refractivity (Wildman–Crippen MR) is 75.1 cm³/mol. The maximum absolute atomic E-state index is 11.4. The van der Waals surface area contributed by atoms with Crippen LogP contribution in [-0.4, -0.2) is 13.0 Å². The van der Waals surface area contributed by atoms with Gasteiger partial charge in [0.1, 0.15) is 10.1 Å². The minimum atomic E-state index is -4.42. The van der Waals surface area contributed by atoms with Crippen LogP contribution in [0.1, 0.15) is 25.8 Å². The smallest absolute Gasteiger partial charge is 0.744 e. The number of fused-ring (bicyclic) bond motifs is 1. The average molecular weight is 300 g/mol. The van der Waals surface area contributed by atoms with Crippen molar-refractivity contribution in [1.29, 1.82) is 0 Å². The van der Waals surface area contributed by atoms with Gasteiger partial charge in [0.05, 0.1) is 4.90 Å². The van der Waals surface area contributed by atoms with E-state index in [-0.39, 0.29) is 34.5 Å². The van der Waals surface area contributed by atoms with Gasteiger partial charge in [0, 0.05) is 0 Å². The molecule has 0 aliphatic rings. The van der Waals surface area contributed by atoms with E-state index in [9.17, 15) is 13.0 Å². The third-order valence-corrected chi connectivity index (χ3v) is 4.16. The third-order valence-electron chi connectivity index (χ3n) is 3.24. The fourth-order valence-electron chi connectivity index (χ4n) is 2.24. The van der Waals surface area contributed by atoms with Crippen molar-refractivity contribution in [2.24, 2.45) is 5.92 Å². The maximum Gasteiger partial charge on any atom is 1.00 e. The van der Waals surface area contributed by atoms with Crippen LogP contribution in [0.5, 0.6) is 0 Å². The van der Waals surface area contributed by atoms with Gasteiger partial charge < -0.3 is 4.55 Å². The van der Waals surface area contributed by atoms with Gasteiger partial charge in [-0.1, -0.05) is 44.2 Å². The maximum atomic E-state index is 11.4. The molecule has 0 saturated carbocycles. The summed E-state index contributed by atoms with van der Waals surface area (Å²) in [5.74, 6) is 0.459. The van der Waals surface area contributed by atoms with E-state index in [1.807, 2.05) is 24.3 Å². The van der Waals surface area contributed by atoms with E-state index >= 15 is 0 Å². The third kappa shape index (κ3) is 4.06. The van der Waals surface area contributed by atoms with E-state index in [1.165, 1.54) is 6.07 Å². The minimum Gasteiger partial charge on any atom is -0.744 e. The first kappa shape index (κ1) is 17.7. The molecule has 0 radical (unpaired) electrons. The molecule has 3 nitrogen and oxygen atoms in total. The average Bonchev–Trinajstić information content (AvgIpc) is 2.34. The summed E-state index contributed by atoms with van der Waals surface area (Å²) < 4.78 is 34.2. The Morgan fingerprint density at radius 2 is 1.75 bits per heavy atom. The van der Waals surface area contributed by atoms with Crippen molar-refractivity contribution in [2.45, 2.75) is 31.6 Å². The summed E-state index contributed by atoms with van der Waals surface area (Å²) in [7, 11) is -4.42. The van der Waals surface area contributed by atoms with Crippen LogP contribution in [0.15, 0.2) is 41.3 Å². The molecular weight excluding hydrogens is 283 g/mol. The molecule has 0 atom stereocenters.